The fourth-order valence-electron chi connectivity index (χ4n) is 4.96. The molecule has 0 bridgehead atoms. The first kappa shape index (κ1) is 24.8. The van der Waals surface area contributed by atoms with Crippen LogP contribution in [0.1, 0.15) is 39.7 Å². The highest BCUT2D eigenvalue weighted by atomic mass is 32.1. The number of rotatable bonds is 5. The standard InChI is InChI=1S/C28H31N3O3S/c1-6-23(35)31-21-17-16-18-12-8-9-13-19(18)24(21)28(3,4)22(31)15-11-10-14-20-25(32)29(5)27(34)30(7-2)26(20)33/h8-17,23,35H,6-7H2,1-5H3. The van der Waals surface area contributed by atoms with Gasteiger partial charge in [0.25, 0.3) is 11.8 Å². The van der Waals surface area contributed by atoms with E-state index in [0.717, 1.165) is 27.6 Å². The van der Waals surface area contributed by atoms with Crippen molar-refractivity contribution < 1.29 is 14.4 Å². The minimum absolute atomic E-state index is 0.00559. The highest BCUT2D eigenvalue weighted by molar-refractivity contribution is 7.81. The van der Waals surface area contributed by atoms with Gasteiger partial charge >= 0.3 is 6.03 Å². The number of hydrogen-bond acceptors (Lipinski definition) is 5. The van der Waals surface area contributed by atoms with Gasteiger partial charge in [0, 0.05) is 30.4 Å². The fourth-order valence-corrected chi connectivity index (χ4v) is 5.21. The maximum Gasteiger partial charge on any atom is 0.333 e. The highest BCUT2D eigenvalue weighted by Gasteiger charge is 2.43. The summed E-state index contributed by atoms with van der Waals surface area (Å²) in [7, 11) is 1.39. The molecule has 1 unspecified atom stereocenters. The average molecular weight is 490 g/mol. The van der Waals surface area contributed by atoms with Crippen molar-refractivity contribution in [2.75, 3.05) is 18.5 Å². The molecule has 6 nitrogen and oxygen atoms in total. The van der Waals surface area contributed by atoms with Crippen LogP contribution in [0.3, 0.4) is 0 Å². The van der Waals surface area contributed by atoms with Gasteiger partial charge in [0.1, 0.15) is 5.57 Å². The summed E-state index contributed by atoms with van der Waals surface area (Å²) in [6, 6.07) is 12.1. The smallest absolute Gasteiger partial charge is 0.332 e. The molecule has 4 rings (SSSR count). The molecule has 0 spiro atoms. The van der Waals surface area contributed by atoms with Gasteiger partial charge in [0.05, 0.1) is 5.37 Å². The van der Waals surface area contributed by atoms with Crippen molar-refractivity contribution in [1.82, 2.24) is 9.80 Å². The van der Waals surface area contributed by atoms with Crippen LogP contribution in [0, 0.1) is 0 Å². The summed E-state index contributed by atoms with van der Waals surface area (Å²) in [6.45, 7) is 8.44. The molecule has 1 saturated heterocycles. The molecule has 0 radical (unpaired) electrons. The van der Waals surface area contributed by atoms with Crippen molar-refractivity contribution >= 4 is 46.9 Å². The molecule has 2 aliphatic rings. The van der Waals surface area contributed by atoms with Gasteiger partial charge in [0.2, 0.25) is 0 Å². The minimum Gasteiger partial charge on any atom is -0.332 e. The van der Waals surface area contributed by atoms with E-state index in [1.165, 1.54) is 29.5 Å². The van der Waals surface area contributed by atoms with Gasteiger partial charge in [-0.05, 0) is 47.9 Å². The Balaban J connectivity index is 1.75. The molecule has 2 aromatic carbocycles. The van der Waals surface area contributed by atoms with Gasteiger partial charge in [-0.25, -0.2) is 4.79 Å². The first-order valence-electron chi connectivity index (χ1n) is 11.9. The summed E-state index contributed by atoms with van der Waals surface area (Å²) >= 11 is 4.89. The van der Waals surface area contributed by atoms with Crippen molar-refractivity contribution in [3.63, 3.8) is 0 Å². The Bertz CT molecular complexity index is 1310. The maximum atomic E-state index is 12.7. The second kappa shape index (κ2) is 9.38. The zero-order valence-electron chi connectivity index (χ0n) is 20.8. The van der Waals surface area contributed by atoms with Crippen LogP contribution < -0.4 is 4.90 Å². The summed E-state index contributed by atoms with van der Waals surface area (Å²) in [5.74, 6) is -1.16. The molecule has 2 aromatic rings. The lowest BCUT2D eigenvalue weighted by Crippen LogP contribution is -2.54. The molecule has 1 fully saturated rings. The number of benzene rings is 2. The predicted molar refractivity (Wildman–Crippen MR) is 143 cm³/mol. The Hall–Kier alpha value is -3.32. The molecule has 35 heavy (non-hydrogen) atoms. The molecule has 2 aliphatic heterocycles. The van der Waals surface area contributed by atoms with Crippen LogP contribution in [0.4, 0.5) is 10.5 Å². The van der Waals surface area contributed by atoms with Crippen LogP contribution in [0.25, 0.3) is 10.8 Å². The number of fused-ring (bicyclic) bond motifs is 3. The number of allylic oxidation sites excluding steroid dienone is 5. The van der Waals surface area contributed by atoms with Crippen LogP contribution in [0.15, 0.2) is 72.0 Å². The van der Waals surface area contributed by atoms with E-state index in [4.69, 9.17) is 12.6 Å². The van der Waals surface area contributed by atoms with E-state index >= 15 is 0 Å². The number of carbonyl (C=O) groups excluding carboxylic acids is 3. The summed E-state index contributed by atoms with van der Waals surface area (Å²) < 4.78 is 0. The van der Waals surface area contributed by atoms with Gasteiger partial charge in [0.15, 0.2) is 0 Å². The topological polar surface area (TPSA) is 60.9 Å². The normalized spacial score (nSPS) is 21.2. The number of imide groups is 2. The monoisotopic (exact) mass is 489 g/mol. The van der Waals surface area contributed by atoms with E-state index < -0.39 is 17.8 Å². The number of nitrogens with zero attached hydrogens (tertiary/aromatic N) is 3. The van der Waals surface area contributed by atoms with E-state index in [-0.39, 0.29) is 22.9 Å². The summed E-state index contributed by atoms with van der Waals surface area (Å²) in [6.07, 6.45) is 7.89. The Morgan fingerprint density at radius 2 is 1.66 bits per heavy atom. The zero-order chi connectivity index (χ0) is 25.5. The van der Waals surface area contributed by atoms with E-state index in [9.17, 15) is 14.4 Å². The zero-order valence-corrected chi connectivity index (χ0v) is 21.7. The lowest BCUT2D eigenvalue weighted by atomic mass is 9.81. The third kappa shape index (κ3) is 3.97. The third-order valence-electron chi connectivity index (χ3n) is 6.83. The molecule has 4 amide bonds. The molecular weight excluding hydrogens is 458 g/mol. The van der Waals surface area contributed by atoms with Crippen molar-refractivity contribution in [2.45, 2.75) is 44.9 Å². The molecule has 0 aliphatic carbocycles. The summed E-state index contributed by atoms with van der Waals surface area (Å²) in [4.78, 5) is 41.7. The molecular formula is C28H31N3O3S. The quantitative estimate of drug-likeness (QED) is 0.347. The van der Waals surface area contributed by atoms with Crippen molar-refractivity contribution in [1.29, 1.82) is 0 Å². The van der Waals surface area contributed by atoms with Crippen LogP contribution >= 0.6 is 12.6 Å². The van der Waals surface area contributed by atoms with Gasteiger partial charge < -0.3 is 4.90 Å². The van der Waals surface area contributed by atoms with Gasteiger partial charge in [-0.3, -0.25) is 19.4 Å². The Kier molecular flexibility index (Phi) is 6.64. The molecule has 182 valence electrons. The van der Waals surface area contributed by atoms with Gasteiger partial charge in [-0.15, -0.1) is 0 Å². The van der Waals surface area contributed by atoms with Crippen molar-refractivity contribution in [2.24, 2.45) is 0 Å². The number of amides is 4. The van der Waals surface area contributed by atoms with Crippen molar-refractivity contribution in [3.05, 3.63) is 77.5 Å². The fraction of sp³-hybridized carbons (Fsp3) is 0.321. The lowest BCUT2D eigenvalue weighted by molar-refractivity contribution is -0.134. The number of urea groups is 1. The van der Waals surface area contributed by atoms with Crippen molar-refractivity contribution in [3.8, 4) is 0 Å². The Labute approximate surface area is 212 Å². The Morgan fingerprint density at radius 1 is 0.971 bits per heavy atom. The number of hydrogen-bond donors (Lipinski definition) is 1. The van der Waals surface area contributed by atoms with E-state index in [1.807, 2.05) is 18.2 Å². The molecule has 1 atom stereocenters. The van der Waals surface area contributed by atoms with E-state index in [1.54, 1.807) is 13.0 Å². The van der Waals surface area contributed by atoms with E-state index in [0.29, 0.717) is 0 Å². The number of carbonyl (C=O) groups is 3. The lowest BCUT2D eigenvalue weighted by Gasteiger charge is -2.31. The largest absolute Gasteiger partial charge is 0.333 e. The average Bonchev–Trinajstić information content (AvgIpc) is 3.08. The molecule has 7 heteroatoms. The van der Waals surface area contributed by atoms with Crippen LogP contribution in [-0.2, 0) is 15.0 Å². The Morgan fingerprint density at radius 3 is 2.34 bits per heavy atom. The maximum absolute atomic E-state index is 12.7. The SMILES string of the molecule is CCC(S)N1C(=CC=CC=C2C(=O)N(C)C(=O)N(CC)C2=O)C(C)(C)c2c1ccc1ccccc21. The summed E-state index contributed by atoms with van der Waals surface area (Å²) in [5, 5.41) is 2.41. The highest BCUT2D eigenvalue weighted by Crippen LogP contribution is 2.52. The first-order chi connectivity index (χ1) is 16.6. The second-order valence-electron chi connectivity index (χ2n) is 9.28. The number of likely N-dealkylation sites (N-methyl/N-ethyl adjacent to an activating group) is 2. The van der Waals surface area contributed by atoms with Gasteiger partial charge in [-0.1, -0.05) is 63.3 Å². The summed E-state index contributed by atoms with van der Waals surface area (Å²) in [5.41, 5.74) is 3.18. The molecule has 0 aromatic heterocycles. The third-order valence-corrected chi connectivity index (χ3v) is 7.42. The van der Waals surface area contributed by atoms with Crippen LogP contribution in [-0.4, -0.2) is 46.6 Å². The van der Waals surface area contributed by atoms with E-state index in [2.05, 4.69) is 56.0 Å². The first-order valence-corrected chi connectivity index (χ1v) is 12.4. The van der Waals surface area contributed by atoms with Gasteiger partial charge in [-0.2, -0.15) is 12.6 Å². The number of thiol groups is 1. The predicted octanol–water partition coefficient (Wildman–Crippen LogP) is 5.41. The molecule has 0 saturated carbocycles. The minimum atomic E-state index is -0.599. The van der Waals surface area contributed by atoms with Crippen LogP contribution in [0.5, 0.6) is 0 Å². The number of barbiturate groups is 1. The van der Waals surface area contributed by atoms with Crippen LogP contribution in [0.2, 0.25) is 0 Å². The number of anilines is 1. The second-order valence-corrected chi connectivity index (χ2v) is 9.87. The molecule has 0 N–H and O–H groups in total. The molecule has 2 heterocycles.